The first-order chi connectivity index (χ1) is 8.84. The third-order valence-electron chi connectivity index (χ3n) is 2.83. The second-order valence-electron chi connectivity index (χ2n) is 5.36. The third kappa shape index (κ3) is 2.63. The van der Waals surface area contributed by atoms with Crippen LogP contribution in [-0.2, 0) is 12.0 Å². The van der Waals surface area contributed by atoms with Gasteiger partial charge in [0.1, 0.15) is 10.2 Å². The number of nitrogens with one attached hydrogen (secondary N) is 1. The second kappa shape index (κ2) is 4.92. The molecule has 2 aromatic heterocycles. The molecule has 0 fully saturated rings. The third-order valence-corrected chi connectivity index (χ3v) is 3.57. The van der Waals surface area contributed by atoms with Crippen LogP contribution in [0.2, 0.25) is 0 Å². The lowest BCUT2D eigenvalue weighted by molar-refractivity contribution is 0.561. The second-order valence-corrected chi connectivity index (χ2v) is 6.15. The molecule has 0 aromatic carbocycles. The fraction of sp³-hybridized carbons (Fsp3) is 0.462. The molecule has 0 aliphatic rings. The number of aromatic nitrogens is 4. The van der Waals surface area contributed by atoms with Gasteiger partial charge in [0.05, 0.1) is 5.69 Å². The largest absolute Gasteiger partial charge is 0.304 e. The van der Waals surface area contributed by atoms with Gasteiger partial charge >= 0.3 is 0 Å². The molecule has 5 nitrogen and oxygen atoms in total. The minimum absolute atomic E-state index is 0.168. The van der Waals surface area contributed by atoms with Gasteiger partial charge in [-0.3, -0.25) is 9.48 Å². The van der Waals surface area contributed by atoms with E-state index in [-0.39, 0.29) is 11.0 Å². The molecule has 0 bridgehead atoms. The summed E-state index contributed by atoms with van der Waals surface area (Å²) in [6.07, 6.45) is 1.71. The zero-order chi connectivity index (χ0) is 14.2. The van der Waals surface area contributed by atoms with E-state index in [1.165, 1.54) is 0 Å². The molecule has 0 unspecified atom stereocenters. The van der Waals surface area contributed by atoms with Crippen molar-refractivity contribution in [3.63, 3.8) is 0 Å². The van der Waals surface area contributed by atoms with Gasteiger partial charge in [0.25, 0.3) is 5.56 Å². The lowest BCUT2D eigenvalue weighted by Gasteiger charge is -2.19. The number of nitrogens with zero attached hydrogens (tertiary/aromatic N) is 3. The predicted octanol–water partition coefficient (Wildman–Crippen LogP) is 2.71. The molecule has 0 saturated carbocycles. The first kappa shape index (κ1) is 14.0. The van der Waals surface area contributed by atoms with Crippen molar-refractivity contribution in [2.24, 2.45) is 0 Å². The maximum atomic E-state index is 12.0. The number of halogens is 1. The Morgan fingerprint density at radius 1 is 1.42 bits per heavy atom. The molecule has 0 aliphatic heterocycles. The van der Waals surface area contributed by atoms with Crippen LogP contribution in [0.5, 0.6) is 0 Å². The van der Waals surface area contributed by atoms with Crippen LogP contribution >= 0.6 is 15.9 Å². The van der Waals surface area contributed by atoms with Crippen LogP contribution in [0, 0.1) is 0 Å². The molecule has 0 aliphatic carbocycles. The van der Waals surface area contributed by atoms with Crippen molar-refractivity contribution in [3.8, 4) is 11.5 Å². The van der Waals surface area contributed by atoms with E-state index in [4.69, 9.17) is 0 Å². The summed E-state index contributed by atoms with van der Waals surface area (Å²) in [5.74, 6) is 0.553. The molecule has 0 spiro atoms. The van der Waals surface area contributed by atoms with Crippen molar-refractivity contribution in [1.29, 1.82) is 0 Å². The molecular weight excluding hydrogens is 308 g/mol. The minimum Gasteiger partial charge on any atom is -0.304 e. The maximum absolute atomic E-state index is 12.0. The number of aromatic amines is 1. The van der Waals surface area contributed by atoms with Gasteiger partial charge in [-0.25, -0.2) is 4.98 Å². The number of rotatable bonds is 2. The van der Waals surface area contributed by atoms with E-state index in [0.29, 0.717) is 10.3 Å². The van der Waals surface area contributed by atoms with Gasteiger partial charge < -0.3 is 4.98 Å². The molecule has 0 atom stereocenters. The van der Waals surface area contributed by atoms with Crippen molar-refractivity contribution >= 4 is 15.9 Å². The Bertz CT molecular complexity index is 651. The monoisotopic (exact) mass is 324 g/mol. The van der Waals surface area contributed by atoms with Crippen molar-refractivity contribution in [2.45, 2.75) is 39.7 Å². The Morgan fingerprint density at radius 3 is 2.68 bits per heavy atom. The topological polar surface area (TPSA) is 63.6 Å². The van der Waals surface area contributed by atoms with Crippen LogP contribution in [0.4, 0.5) is 0 Å². The fourth-order valence-corrected chi connectivity index (χ4v) is 2.65. The van der Waals surface area contributed by atoms with Crippen LogP contribution < -0.4 is 5.56 Å². The number of hydrogen-bond acceptors (Lipinski definition) is 3. The van der Waals surface area contributed by atoms with Gasteiger partial charge in [-0.1, -0.05) is 20.8 Å². The van der Waals surface area contributed by atoms with E-state index in [1.807, 2.05) is 33.8 Å². The smallest absolute Gasteiger partial charge is 0.265 e. The lowest BCUT2D eigenvalue weighted by Crippen LogP contribution is -2.22. The molecule has 0 radical (unpaired) electrons. The van der Waals surface area contributed by atoms with Crippen molar-refractivity contribution in [1.82, 2.24) is 19.7 Å². The summed E-state index contributed by atoms with van der Waals surface area (Å²) in [7, 11) is 0. The fourth-order valence-electron chi connectivity index (χ4n) is 1.86. The minimum atomic E-state index is -0.209. The molecule has 19 heavy (non-hydrogen) atoms. The van der Waals surface area contributed by atoms with Crippen LogP contribution in [0.3, 0.4) is 0 Å². The highest BCUT2D eigenvalue weighted by molar-refractivity contribution is 9.10. The predicted molar refractivity (Wildman–Crippen MR) is 78.2 cm³/mol. The Hall–Kier alpha value is -1.43. The summed E-state index contributed by atoms with van der Waals surface area (Å²) < 4.78 is 2.30. The molecule has 2 aromatic rings. The molecule has 6 heteroatoms. The van der Waals surface area contributed by atoms with Gasteiger partial charge in [-0.05, 0) is 28.9 Å². The first-order valence-corrected chi connectivity index (χ1v) is 6.96. The van der Waals surface area contributed by atoms with Gasteiger partial charge in [0.2, 0.25) is 0 Å². The average molecular weight is 325 g/mol. The zero-order valence-electron chi connectivity index (χ0n) is 11.5. The highest BCUT2D eigenvalue weighted by Gasteiger charge is 2.23. The summed E-state index contributed by atoms with van der Waals surface area (Å²) in [5.41, 5.74) is 1.19. The average Bonchev–Trinajstić information content (AvgIpc) is 2.79. The number of aryl methyl sites for hydroxylation is 1. The van der Waals surface area contributed by atoms with E-state index in [1.54, 1.807) is 10.9 Å². The van der Waals surface area contributed by atoms with Crippen LogP contribution in [0.1, 0.15) is 33.4 Å². The quantitative estimate of drug-likeness (QED) is 0.923. The SMILES string of the molecule is CCn1nccc1-c1nc(C(C)(C)C)c(Br)c(=O)[nH]1. The first-order valence-electron chi connectivity index (χ1n) is 6.17. The highest BCUT2D eigenvalue weighted by Crippen LogP contribution is 2.27. The van der Waals surface area contributed by atoms with Crippen molar-refractivity contribution in [2.75, 3.05) is 0 Å². The summed E-state index contributed by atoms with van der Waals surface area (Å²) in [6, 6.07) is 1.85. The zero-order valence-corrected chi connectivity index (χ0v) is 13.1. The van der Waals surface area contributed by atoms with Crippen LogP contribution in [-0.4, -0.2) is 19.7 Å². The van der Waals surface area contributed by atoms with Crippen molar-refractivity contribution in [3.05, 3.63) is 32.8 Å². The standard InChI is InChI=1S/C13H17BrN4O/c1-5-18-8(6-7-15-18)11-16-10(13(2,3)4)9(14)12(19)17-11/h6-7H,5H2,1-4H3,(H,16,17,19). The van der Waals surface area contributed by atoms with E-state index in [0.717, 1.165) is 17.9 Å². The molecule has 0 saturated heterocycles. The maximum Gasteiger partial charge on any atom is 0.265 e. The lowest BCUT2D eigenvalue weighted by atomic mass is 9.92. The summed E-state index contributed by atoms with van der Waals surface area (Å²) >= 11 is 3.32. The van der Waals surface area contributed by atoms with Gasteiger partial charge in [-0.2, -0.15) is 5.10 Å². The van der Waals surface area contributed by atoms with E-state index in [9.17, 15) is 4.79 Å². The van der Waals surface area contributed by atoms with Gasteiger partial charge in [0.15, 0.2) is 5.82 Å². The molecule has 102 valence electrons. The Balaban J connectivity index is 2.67. The van der Waals surface area contributed by atoms with Crippen LogP contribution in [0.25, 0.3) is 11.5 Å². The van der Waals surface area contributed by atoms with Gasteiger partial charge in [0, 0.05) is 18.2 Å². The summed E-state index contributed by atoms with van der Waals surface area (Å²) in [5, 5.41) is 4.20. The Morgan fingerprint density at radius 2 is 2.11 bits per heavy atom. The molecular formula is C13H17BrN4O. The number of hydrogen-bond donors (Lipinski definition) is 1. The van der Waals surface area contributed by atoms with Crippen molar-refractivity contribution < 1.29 is 0 Å². The van der Waals surface area contributed by atoms with E-state index >= 15 is 0 Å². The summed E-state index contributed by atoms with van der Waals surface area (Å²) in [6.45, 7) is 8.81. The molecule has 2 heterocycles. The van der Waals surface area contributed by atoms with E-state index < -0.39 is 0 Å². The normalized spacial score (nSPS) is 11.8. The van der Waals surface area contributed by atoms with E-state index in [2.05, 4.69) is 31.0 Å². The molecule has 2 rings (SSSR count). The number of H-pyrrole nitrogens is 1. The highest BCUT2D eigenvalue weighted by atomic mass is 79.9. The Labute approximate surface area is 120 Å². The van der Waals surface area contributed by atoms with Gasteiger partial charge in [-0.15, -0.1) is 0 Å². The van der Waals surface area contributed by atoms with Crippen LogP contribution in [0.15, 0.2) is 21.5 Å². The molecule has 1 N–H and O–H groups in total. The summed E-state index contributed by atoms with van der Waals surface area (Å²) in [4.78, 5) is 19.4. The Kier molecular flexibility index (Phi) is 3.62. The molecule has 0 amide bonds.